The molecule has 1 aliphatic rings. The van der Waals surface area contributed by atoms with Crippen molar-refractivity contribution in [1.82, 2.24) is 5.32 Å². The van der Waals surface area contributed by atoms with Crippen molar-refractivity contribution in [3.63, 3.8) is 0 Å². The van der Waals surface area contributed by atoms with E-state index in [4.69, 9.17) is 4.74 Å². The Morgan fingerprint density at radius 1 is 1.14 bits per heavy atom. The maximum absolute atomic E-state index is 13.3. The second-order valence-electron chi connectivity index (χ2n) is 7.13. The van der Waals surface area contributed by atoms with Crippen LogP contribution in [0.1, 0.15) is 48.5 Å². The first kappa shape index (κ1) is 21.2. The lowest BCUT2D eigenvalue weighted by Gasteiger charge is -2.20. The number of nitrogens with one attached hydrogen (secondary N) is 1. The van der Waals surface area contributed by atoms with Crippen molar-refractivity contribution in [3.8, 4) is 5.75 Å². The van der Waals surface area contributed by atoms with E-state index in [0.29, 0.717) is 30.9 Å². The van der Waals surface area contributed by atoms with Crippen LogP contribution in [0.15, 0.2) is 47.4 Å². The summed E-state index contributed by atoms with van der Waals surface area (Å²) < 4.78 is 33.2. The Morgan fingerprint density at radius 3 is 2.69 bits per heavy atom. The molecular formula is C22H28N2O4S. The second kappa shape index (κ2) is 9.31. The van der Waals surface area contributed by atoms with Crippen LogP contribution in [0, 0.1) is 0 Å². The number of hydrogen-bond donors (Lipinski definition) is 1. The van der Waals surface area contributed by atoms with Gasteiger partial charge in [-0.3, -0.25) is 9.10 Å². The van der Waals surface area contributed by atoms with Crippen LogP contribution in [-0.4, -0.2) is 34.5 Å². The molecule has 0 saturated heterocycles. The van der Waals surface area contributed by atoms with Crippen LogP contribution < -0.4 is 14.4 Å². The van der Waals surface area contributed by atoms with Crippen molar-refractivity contribution in [2.24, 2.45) is 0 Å². The number of carbonyl (C=O) groups excluding carboxylic acids is 1. The number of rotatable bonds is 9. The number of carbonyl (C=O) groups is 1. The smallest absolute Gasteiger partial charge is 0.264 e. The first-order chi connectivity index (χ1) is 14.0. The minimum atomic E-state index is -3.77. The third-order valence-corrected chi connectivity index (χ3v) is 6.97. The first-order valence-electron chi connectivity index (χ1n) is 10.1. The fourth-order valence-corrected chi connectivity index (χ4v) is 5.09. The zero-order valence-electron chi connectivity index (χ0n) is 17.0. The quantitative estimate of drug-likeness (QED) is 0.632. The molecule has 3 rings (SSSR count). The summed E-state index contributed by atoms with van der Waals surface area (Å²) in [7, 11) is -2.30. The fraction of sp³-hybridized carbons (Fsp3) is 0.409. The Labute approximate surface area is 172 Å². The normalized spacial score (nSPS) is 13.2. The Hall–Kier alpha value is -2.54. The Morgan fingerprint density at radius 2 is 1.93 bits per heavy atom. The lowest BCUT2D eigenvalue weighted by molar-refractivity contribution is 0.0949. The summed E-state index contributed by atoms with van der Waals surface area (Å²) in [6.45, 7) is 3.08. The number of sulfonamides is 1. The van der Waals surface area contributed by atoms with Gasteiger partial charge in [0.15, 0.2) is 0 Å². The van der Waals surface area contributed by atoms with Gasteiger partial charge in [-0.2, -0.15) is 0 Å². The monoisotopic (exact) mass is 416 g/mol. The number of methoxy groups -OCH3 is 1. The van der Waals surface area contributed by atoms with Gasteiger partial charge in [0.25, 0.3) is 15.9 Å². The standard InChI is InChI=1S/C22H28N2O4S/c1-3-4-5-8-14-23-22(25)19-16-18(11-12-21(19)28-2)29(26,27)24-15-13-17-9-6-7-10-20(17)24/h6-7,9-12,16H,3-5,8,13-15H2,1-2H3,(H,23,25). The van der Waals surface area contributed by atoms with Crippen LogP contribution in [0.2, 0.25) is 0 Å². The molecule has 0 radical (unpaired) electrons. The predicted octanol–water partition coefficient (Wildman–Crippen LogP) is 3.76. The molecule has 2 aromatic carbocycles. The molecule has 1 N–H and O–H groups in total. The number of amides is 1. The van der Waals surface area contributed by atoms with E-state index in [-0.39, 0.29) is 16.4 Å². The van der Waals surface area contributed by atoms with E-state index in [0.717, 1.165) is 31.2 Å². The summed E-state index contributed by atoms with van der Waals surface area (Å²) >= 11 is 0. The molecular weight excluding hydrogens is 388 g/mol. The molecule has 7 heteroatoms. The van der Waals surface area contributed by atoms with E-state index in [1.54, 1.807) is 6.07 Å². The topological polar surface area (TPSA) is 75.7 Å². The number of anilines is 1. The Balaban J connectivity index is 1.83. The molecule has 0 unspecified atom stereocenters. The van der Waals surface area contributed by atoms with E-state index in [9.17, 15) is 13.2 Å². The first-order valence-corrected chi connectivity index (χ1v) is 11.5. The number of fused-ring (bicyclic) bond motifs is 1. The zero-order chi connectivity index (χ0) is 20.9. The van der Waals surface area contributed by atoms with Crippen molar-refractivity contribution < 1.29 is 17.9 Å². The van der Waals surface area contributed by atoms with Crippen LogP contribution in [0.5, 0.6) is 5.75 Å². The average molecular weight is 417 g/mol. The highest BCUT2D eigenvalue weighted by atomic mass is 32.2. The van der Waals surface area contributed by atoms with Gasteiger partial charge in [-0.05, 0) is 42.7 Å². The van der Waals surface area contributed by atoms with Gasteiger partial charge in [-0.15, -0.1) is 0 Å². The minimum absolute atomic E-state index is 0.0890. The van der Waals surface area contributed by atoms with Gasteiger partial charge >= 0.3 is 0 Å². The summed E-state index contributed by atoms with van der Waals surface area (Å²) in [5.74, 6) is 0.0362. The van der Waals surface area contributed by atoms with Crippen LogP contribution in [0.3, 0.4) is 0 Å². The predicted molar refractivity (Wildman–Crippen MR) is 114 cm³/mol. The average Bonchev–Trinajstić information content (AvgIpc) is 3.18. The van der Waals surface area contributed by atoms with Crippen LogP contribution >= 0.6 is 0 Å². The second-order valence-corrected chi connectivity index (χ2v) is 9.00. The van der Waals surface area contributed by atoms with Crippen molar-refractivity contribution in [1.29, 1.82) is 0 Å². The maximum atomic E-state index is 13.3. The lowest BCUT2D eigenvalue weighted by atomic mass is 10.1. The zero-order valence-corrected chi connectivity index (χ0v) is 17.8. The SMILES string of the molecule is CCCCCCNC(=O)c1cc(S(=O)(=O)N2CCc3ccccc32)ccc1OC. The molecule has 156 valence electrons. The molecule has 0 fully saturated rings. The molecule has 0 atom stereocenters. The van der Waals surface area contributed by atoms with Crippen LogP contribution in [0.25, 0.3) is 0 Å². The highest BCUT2D eigenvalue weighted by Gasteiger charge is 2.31. The summed E-state index contributed by atoms with van der Waals surface area (Å²) in [5.41, 5.74) is 1.94. The van der Waals surface area contributed by atoms with Crippen molar-refractivity contribution in [2.45, 2.75) is 43.9 Å². The Bertz CT molecular complexity index is 973. The van der Waals surface area contributed by atoms with E-state index in [1.165, 1.54) is 23.5 Å². The molecule has 0 aliphatic carbocycles. The number of para-hydroxylation sites is 1. The number of nitrogens with zero attached hydrogens (tertiary/aromatic N) is 1. The van der Waals surface area contributed by atoms with Crippen LogP contribution in [-0.2, 0) is 16.4 Å². The van der Waals surface area contributed by atoms with E-state index >= 15 is 0 Å². The van der Waals surface area contributed by atoms with E-state index < -0.39 is 10.0 Å². The molecule has 1 heterocycles. The molecule has 1 aliphatic heterocycles. The summed E-state index contributed by atoms with van der Waals surface area (Å²) in [5, 5.41) is 2.87. The van der Waals surface area contributed by atoms with Crippen molar-refractivity contribution >= 4 is 21.6 Å². The fourth-order valence-electron chi connectivity index (χ4n) is 3.56. The largest absolute Gasteiger partial charge is 0.496 e. The van der Waals surface area contributed by atoms with Crippen molar-refractivity contribution in [2.75, 3.05) is 24.5 Å². The highest BCUT2D eigenvalue weighted by molar-refractivity contribution is 7.92. The third kappa shape index (κ3) is 4.56. The number of ether oxygens (including phenoxy) is 1. The van der Waals surface area contributed by atoms with Gasteiger partial charge in [0, 0.05) is 13.1 Å². The lowest BCUT2D eigenvalue weighted by Crippen LogP contribution is -2.30. The summed E-state index contributed by atoms with van der Waals surface area (Å²) in [6, 6.07) is 11.9. The van der Waals surface area contributed by atoms with Crippen molar-refractivity contribution in [3.05, 3.63) is 53.6 Å². The number of unbranched alkanes of at least 4 members (excludes halogenated alkanes) is 3. The summed E-state index contributed by atoms with van der Waals surface area (Å²) in [4.78, 5) is 12.7. The van der Waals surface area contributed by atoms with E-state index in [2.05, 4.69) is 12.2 Å². The number of hydrogen-bond acceptors (Lipinski definition) is 4. The molecule has 0 bridgehead atoms. The molecule has 0 spiro atoms. The van der Waals surface area contributed by atoms with Gasteiger partial charge in [-0.1, -0.05) is 44.4 Å². The number of benzene rings is 2. The molecule has 0 aromatic heterocycles. The summed E-state index contributed by atoms with van der Waals surface area (Å²) in [6.07, 6.45) is 4.88. The molecule has 6 nitrogen and oxygen atoms in total. The van der Waals surface area contributed by atoms with Crippen LogP contribution in [0.4, 0.5) is 5.69 Å². The highest BCUT2D eigenvalue weighted by Crippen LogP contribution is 2.33. The minimum Gasteiger partial charge on any atom is -0.496 e. The van der Waals surface area contributed by atoms with Gasteiger partial charge in [0.1, 0.15) is 5.75 Å². The molecule has 0 saturated carbocycles. The molecule has 29 heavy (non-hydrogen) atoms. The maximum Gasteiger partial charge on any atom is 0.264 e. The van der Waals surface area contributed by atoms with Gasteiger partial charge < -0.3 is 10.1 Å². The van der Waals surface area contributed by atoms with Gasteiger partial charge in [0.05, 0.1) is 23.3 Å². The van der Waals surface area contributed by atoms with E-state index in [1.807, 2.05) is 24.3 Å². The van der Waals surface area contributed by atoms with Gasteiger partial charge in [-0.25, -0.2) is 8.42 Å². The van der Waals surface area contributed by atoms with Gasteiger partial charge in [0.2, 0.25) is 0 Å². The molecule has 2 aromatic rings. The Kier molecular flexibility index (Phi) is 6.79. The third-order valence-electron chi connectivity index (χ3n) is 5.16. The molecule has 1 amide bonds.